The van der Waals surface area contributed by atoms with Crippen LogP contribution >= 0.6 is 0 Å². The Morgan fingerprint density at radius 2 is 1.83 bits per heavy atom. The van der Waals surface area contributed by atoms with Crippen molar-refractivity contribution in [2.75, 3.05) is 7.11 Å². The minimum atomic E-state index is -0.242. The SMILES string of the molecule is COc1cccc2c(-c3ccc(=O)[nH]n3)c(-c3ccccc3)nn12. The molecule has 24 heavy (non-hydrogen) atoms. The standard InChI is InChI=1S/C18H14N4O2/c1-24-16-9-5-8-14-17(13-10-11-15(23)20-19-13)18(21-22(14)16)12-6-3-2-4-7-12/h2-11H,1H3,(H,20,23). The summed E-state index contributed by atoms with van der Waals surface area (Å²) in [7, 11) is 1.61. The molecule has 3 heterocycles. The van der Waals surface area contributed by atoms with Gasteiger partial charge in [-0.15, -0.1) is 0 Å². The van der Waals surface area contributed by atoms with Crippen molar-refractivity contribution in [3.8, 4) is 28.4 Å². The second-order valence-electron chi connectivity index (χ2n) is 5.26. The molecule has 0 spiro atoms. The Labute approximate surface area is 137 Å². The van der Waals surface area contributed by atoms with Gasteiger partial charge < -0.3 is 4.74 Å². The molecule has 0 saturated carbocycles. The van der Waals surface area contributed by atoms with Gasteiger partial charge in [0.2, 0.25) is 5.88 Å². The minimum Gasteiger partial charge on any atom is -0.481 e. The van der Waals surface area contributed by atoms with E-state index in [1.165, 1.54) is 6.07 Å². The third-order valence-corrected chi connectivity index (χ3v) is 3.81. The maximum atomic E-state index is 11.4. The van der Waals surface area contributed by atoms with E-state index in [9.17, 15) is 4.79 Å². The normalized spacial score (nSPS) is 10.9. The van der Waals surface area contributed by atoms with Crippen LogP contribution in [0.3, 0.4) is 0 Å². The van der Waals surface area contributed by atoms with Crippen molar-refractivity contribution in [2.45, 2.75) is 0 Å². The van der Waals surface area contributed by atoms with Gasteiger partial charge in [-0.2, -0.15) is 14.7 Å². The summed E-state index contributed by atoms with van der Waals surface area (Å²) in [6.07, 6.45) is 0. The smallest absolute Gasteiger partial charge is 0.264 e. The first-order valence-corrected chi connectivity index (χ1v) is 7.45. The molecule has 1 aromatic carbocycles. The van der Waals surface area contributed by atoms with E-state index in [-0.39, 0.29) is 5.56 Å². The molecule has 0 bridgehead atoms. The van der Waals surface area contributed by atoms with E-state index in [4.69, 9.17) is 9.84 Å². The summed E-state index contributed by atoms with van der Waals surface area (Å²) in [4.78, 5) is 11.4. The van der Waals surface area contributed by atoms with Gasteiger partial charge in [0.1, 0.15) is 5.69 Å². The molecule has 0 aliphatic carbocycles. The average molecular weight is 318 g/mol. The van der Waals surface area contributed by atoms with E-state index in [0.717, 1.165) is 22.3 Å². The molecule has 1 N–H and O–H groups in total. The summed E-state index contributed by atoms with van der Waals surface area (Å²) in [6.45, 7) is 0. The van der Waals surface area contributed by atoms with Gasteiger partial charge in [-0.05, 0) is 12.1 Å². The molecule has 0 radical (unpaired) electrons. The molecular weight excluding hydrogens is 304 g/mol. The van der Waals surface area contributed by atoms with Crippen LogP contribution in [0.1, 0.15) is 0 Å². The second-order valence-corrected chi connectivity index (χ2v) is 5.26. The number of hydrogen-bond donors (Lipinski definition) is 1. The number of H-pyrrole nitrogens is 1. The number of aromatic nitrogens is 4. The van der Waals surface area contributed by atoms with Gasteiger partial charge in [-0.25, -0.2) is 5.10 Å². The molecule has 0 aliphatic rings. The van der Waals surface area contributed by atoms with E-state index < -0.39 is 0 Å². The summed E-state index contributed by atoms with van der Waals surface area (Å²) in [5.41, 5.74) is 3.85. The summed E-state index contributed by atoms with van der Waals surface area (Å²) < 4.78 is 7.15. The molecule has 0 atom stereocenters. The zero-order valence-electron chi connectivity index (χ0n) is 12.9. The van der Waals surface area contributed by atoms with Crippen LogP contribution in [0, 0.1) is 0 Å². The quantitative estimate of drug-likeness (QED) is 0.630. The summed E-state index contributed by atoms with van der Waals surface area (Å²) in [5.74, 6) is 0.625. The van der Waals surface area contributed by atoms with Gasteiger partial charge in [-0.1, -0.05) is 36.4 Å². The third kappa shape index (κ3) is 2.25. The van der Waals surface area contributed by atoms with Crippen LogP contribution in [0.2, 0.25) is 0 Å². The molecule has 4 rings (SSSR count). The molecule has 0 aliphatic heterocycles. The van der Waals surface area contributed by atoms with Gasteiger partial charge in [0.25, 0.3) is 5.56 Å². The predicted molar refractivity (Wildman–Crippen MR) is 91.0 cm³/mol. The Hall–Kier alpha value is -3.41. The Bertz CT molecular complexity index is 1050. The summed E-state index contributed by atoms with van der Waals surface area (Å²) >= 11 is 0. The molecule has 3 aromatic heterocycles. The van der Waals surface area contributed by atoms with Crippen LogP contribution < -0.4 is 10.3 Å². The number of pyridine rings is 1. The van der Waals surface area contributed by atoms with Crippen molar-refractivity contribution in [3.05, 3.63) is 71.0 Å². The highest BCUT2D eigenvalue weighted by molar-refractivity contribution is 5.90. The van der Waals surface area contributed by atoms with Crippen molar-refractivity contribution in [2.24, 2.45) is 0 Å². The molecule has 6 heteroatoms. The van der Waals surface area contributed by atoms with Crippen LogP contribution in [0.5, 0.6) is 5.88 Å². The Balaban J connectivity index is 2.08. The van der Waals surface area contributed by atoms with Crippen LogP contribution in [0.15, 0.2) is 65.5 Å². The average Bonchev–Trinajstić information content (AvgIpc) is 3.03. The molecule has 0 unspecified atom stereocenters. The molecular formula is C18H14N4O2. The van der Waals surface area contributed by atoms with E-state index >= 15 is 0 Å². The number of ether oxygens (including phenoxy) is 1. The zero-order chi connectivity index (χ0) is 16.5. The number of aromatic amines is 1. The predicted octanol–water partition coefficient (Wildman–Crippen LogP) is 2.76. The lowest BCUT2D eigenvalue weighted by Gasteiger charge is -2.03. The van der Waals surface area contributed by atoms with E-state index in [1.807, 2.05) is 48.5 Å². The number of hydrogen-bond acceptors (Lipinski definition) is 4. The topological polar surface area (TPSA) is 72.3 Å². The van der Waals surface area contributed by atoms with Crippen molar-refractivity contribution >= 4 is 5.52 Å². The highest BCUT2D eigenvalue weighted by atomic mass is 16.5. The number of fused-ring (bicyclic) bond motifs is 1. The first-order chi connectivity index (χ1) is 11.8. The Kier molecular flexibility index (Phi) is 3.35. The van der Waals surface area contributed by atoms with Gasteiger partial charge in [0, 0.05) is 17.7 Å². The number of rotatable bonds is 3. The molecule has 6 nitrogen and oxygen atoms in total. The van der Waals surface area contributed by atoms with Crippen LogP contribution in [-0.4, -0.2) is 26.9 Å². The first kappa shape index (κ1) is 14.2. The second kappa shape index (κ2) is 5.66. The van der Waals surface area contributed by atoms with Crippen molar-refractivity contribution in [3.63, 3.8) is 0 Å². The van der Waals surface area contributed by atoms with Gasteiger partial charge in [0.15, 0.2) is 0 Å². The summed E-state index contributed by atoms with van der Waals surface area (Å²) in [6, 6.07) is 18.7. The third-order valence-electron chi connectivity index (χ3n) is 3.81. The largest absolute Gasteiger partial charge is 0.481 e. The zero-order valence-corrected chi connectivity index (χ0v) is 12.9. The van der Waals surface area contributed by atoms with Crippen LogP contribution in [-0.2, 0) is 0 Å². The van der Waals surface area contributed by atoms with Crippen LogP contribution in [0.25, 0.3) is 28.0 Å². The number of nitrogens with zero attached hydrogens (tertiary/aromatic N) is 3. The number of methoxy groups -OCH3 is 1. The van der Waals surface area contributed by atoms with Crippen LogP contribution in [0.4, 0.5) is 0 Å². The molecule has 118 valence electrons. The maximum absolute atomic E-state index is 11.4. The van der Waals surface area contributed by atoms with Crippen molar-refractivity contribution in [1.29, 1.82) is 0 Å². The lowest BCUT2D eigenvalue weighted by molar-refractivity contribution is 0.386. The van der Waals surface area contributed by atoms with E-state index in [2.05, 4.69) is 10.2 Å². The fraction of sp³-hybridized carbons (Fsp3) is 0.0556. The van der Waals surface area contributed by atoms with Crippen molar-refractivity contribution < 1.29 is 4.74 Å². The molecule has 4 aromatic rings. The minimum absolute atomic E-state index is 0.242. The molecule has 0 amide bonds. The van der Waals surface area contributed by atoms with Gasteiger partial charge >= 0.3 is 0 Å². The fourth-order valence-electron chi connectivity index (χ4n) is 2.73. The highest BCUT2D eigenvalue weighted by Crippen LogP contribution is 2.35. The lowest BCUT2D eigenvalue weighted by atomic mass is 10.0. The number of benzene rings is 1. The first-order valence-electron chi connectivity index (χ1n) is 7.45. The Morgan fingerprint density at radius 1 is 1.00 bits per heavy atom. The Morgan fingerprint density at radius 3 is 2.54 bits per heavy atom. The highest BCUT2D eigenvalue weighted by Gasteiger charge is 2.19. The van der Waals surface area contributed by atoms with Gasteiger partial charge in [0.05, 0.1) is 23.9 Å². The van der Waals surface area contributed by atoms with E-state index in [0.29, 0.717) is 11.6 Å². The molecule has 0 fully saturated rings. The van der Waals surface area contributed by atoms with E-state index in [1.54, 1.807) is 17.7 Å². The number of nitrogens with one attached hydrogen (secondary N) is 1. The molecule has 0 saturated heterocycles. The lowest BCUT2D eigenvalue weighted by Crippen LogP contribution is -2.05. The summed E-state index contributed by atoms with van der Waals surface area (Å²) in [5, 5.41) is 11.4. The van der Waals surface area contributed by atoms with Gasteiger partial charge in [-0.3, -0.25) is 4.79 Å². The maximum Gasteiger partial charge on any atom is 0.264 e. The van der Waals surface area contributed by atoms with Crippen molar-refractivity contribution in [1.82, 2.24) is 19.8 Å². The monoisotopic (exact) mass is 318 g/mol. The fourth-order valence-corrected chi connectivity index (χ4v) is 2.73.